The van der Waals surface area contributed by atoms with E-state index in [2.05, 4.69) is 0 Å². The molecular formula is C10H10ClNO4. The molecular weight excluding hydrogens is 234 g/mol. The van der Waals surface area contributed by atoms with Crippen molar-refractivity contribution >= 4 is 23.3 Å². The minimum atomic E-state index is -0.645. The fourth-order valence-corrected chi connectivity index (χ4v) is 1.61. The van der Waals surface area contributed by atoms with Crippen LogP contribution in [-0.2, 0) is 4.74 Å². The smallest absolute Gasteiger partial charge is 0.340 e. The van der Waals surface area contributed by atoms with Gasteiger partial charge in [0, 0.05) is 6.07 Å². The predicted molar refractivity (Wildman–Crippen MR) is 58.8 cm³/mol. The van der Waals surface area contributed by atoms with Crippen LogP contribution in [0.1, 0.15) is 22.8 Å². The van der Waals surface area contributed by atoms with Crippen molar-refractivity contribution in [3.8, 4) is 0 Å². The first-order chi connectivity index (χ1) is 7.49. The molecule has 0 amide bonds. The Morgan fingerprint density at radius 1 is 1.56 bits per heavy atom. The molecule has 5 nitrogen and oxygen atoms in total. The van der Waals surface area contributed by atoms with Gasteiger partial charge in [0.1, 0.15) is 5.02 Å². The van der Waals surface area contributed by atoms with Crippen LogP contribution in [-0.4, -0.2) is 17.5 Å². The first-order valence-corrected chi connectivity index (χ1v) is 4.97. The maximum atomic E-state index is 11.5. The number of benzene rings is 1. The molecule has 0 saturated carbocycles. The SMILES string of the molecule is CCOC(=O)c1c(C)ccc([N+](=O)[O-])c1Cl. The standard InChI is InChI=1S/C10H10ClNO4/c1-3-16-10(13)8-6(2)4-5-7(9(8)11)12(14)15/h4-5H,3H2,1-2H3. The molecule has 6 heteroatoms. The highest BCUT2D eigenvalue weighted by Crippen LogP contribution is 2.30. The summed E-state index contributed by atoms with van der Waals surface area (Å²) < 4.78 is 4.78. The Labute approximate surface area is 97.1 Å². The van der Waals surface area contributed by atoms with Crippen LogP contribution in [0.4, 0.5) is 5.69 Å². The van der Waals surface area contributed by atoms with Crippen LogP contribution >= 0.6 is 11.6 Å². The van der Waals surface area contributed by atoms with E-state index in [0.29, 0.717) is 5.56 Å². The summed E-state index contributed by atoms with van der Waals surface area (Å²) in [6.45, 7) is 3.48. The molecule has 0 bridgehead atoms. The normalized spacial score (nSPS) is 9.94. The van der Waals surface area contributed by atoms with Crippen LogP contribution in [0.15, 0.2) is 12.1 Å². The summed E-state index contributed by atoms with van der Waals surface area (Å²) in [6.07, 6.45) is 0. The molecule has 0 aliphatic carbocycles. The van der Waals surface area contributed by atoms with Gasteiger partial charge < -0.3 is 4.74 Å². The Morgan fingerprint density at radius 3 is 2.69 bits per heavy atom. The second-order valence-corrected chi connectivity index (χ2v) is 3.45. The van der Waals surface area contributed by atoms with Crippen molar-refractivity contribution in [2.75, 3.05) is 6.61 Å². The van der Waals surface area contributed by atoms with E-state index in [0.717, 1.165) is 0 Å². The summed E-state index contributed by atoms with van der Waals surface area (Å²) in [4.78, 5) is 21.5. The highest BCUT2D eigenvalue weighted by atomic mass is 35.5. The van der Waals surface area contributed by atoms with Gasteiger partial charge in [-0.25, -0.2) is 4.79 Å². The number of nitro groups is 1. The van der Waals surface area contributed by atoms with E-state index in [4.69, 9.17) is 16.3 Å². The first kappa shape index (κ1) is 12.4. The predicted octanol–water partition coefficient (Wildman–Crippen LogP) is 2.73. The number of carbonyl (C=O) groups is 1. The average molecular weight is 244 g/mol. The fraction of sp³-hybridized carbons (Fsp3) is 0.300. The Morgan fingerprint density at radius 2 is 2.19 bits per heavy atom. The van der Waals surface area contributed by atoms with E-state index < -0.39 is 10.9 Å². The van der Waals surface area contributed by atoms with E-state index >= 15 is 0 Å². The molecule has 1 aromatic rings. The number of nitro benzene ring substituents is 1. The molecule has 0 atom stereocenters. The van der Waals surface area contributed by atoms with Crippen LogP contribution in [0.5, 0.6) is 0 Å². The number of aryl methyl sites for hydroxylation is 1. The molecule has 0 heterocycles. The van der Waals surface area contributed by atoms with Gasteiger partial charge in [0.25, 0.3) is 5.69 Å². The number of halogens is 1. The Hall–Kier alpha value is -1.62. The van der Waals surface area contributed by atoms with Gasteiger partial charge in [0.15, 0.2) is 0 Å². The van der Waals surface area contributed by atoms with E-state index in [1.807, 2.05) is 0 Å². The molecule has 1 aromatic carbocycles. The fourth-order valence-electron chi connectivity index (χ4n) is 1.26. The zero-order valence-electron chi connectivity index (χ0n) is 8.82. The van der Waals surface area contributed by atoms with Gasteiger partial charge in [0.2, 0.25) is 0 Å². The van der Waals surface area contributed by atoms with Gasteiger partial charge in [-0.05, 0) is 19.4 Å². The second-order valence-electron chi connectivity index (χ2n) is 3.07. The zero-order chi connectivity index (χ0) is 12.3. The number of hydrogen-bond acceptors (Lipinski definition) is 4. The minimum absolute atomic E-state index is 0.0534. The van der Waals surface area contributed by atoms with Crippen LogP contribution in [0.2, 0.25) is 5.02 Å². The third-order valence-electron chi connectivity index (χ3n) is 2.01. The largest absolute Gasteiger partial charge is 0.462 e. The summed E-state index contributed by atoms with van der Waals surface area (Å²) in [6, 6.07) is 2.73. The molecule has 16 heavy (non-hydrogen) atoms. The van der Waals surface area contributed by atoms with Gasteiger partial charge in [0.05, 0.1) is 17.1 Å². The third-order valence-corrected chi connectivity index (χ3v) is 2.39. The second kappa shape index (κ2) is 4.94. The van der Waals surface area contributed by atoms with Crippen molar-refractivity contribution in [1.29, 1.82) is 0 Å². The lowest BCUT2D eigenvalue weighted by molar-refractivity contribution is -0.384. The van der Waals surface area contributed by atoms with Crippen molar-refractivity contribution < 1.29 is 14.5 Å². The lowest BCUT2D eigenvalue weighted by atomic mass is 10.1. The van der Waals surface area contributed by atoms with E-state index in [1.54, 1.807) is 13.8 Å². The van der Waals surface area contributed by atoms with E-state index in [-0.39, 0.29) is 22.9 Å². The molecule has 86 valence electrons. The molecule has 0 saturated heterocycles. The molecule has 0 spiro atoms. The quantitative estimate of drug-likeness (QED) is 0.465. The maximum Gasteiger partial charge on any atom is 0.340 e. The van der Waals surface area contributed by atoms with Crippen LogP contribution in [0, 0.1) is 17.0 Å². The van der Waals surface area contributed by atoms with E-state index in [1.165, 1.54) is 12.1 Å². The third kappa shape index (κ3) is 2.30. The topological polar surface area (TPSA) is 69.4 Å². The van der Waals surface area contributed by atoms with Gasteiger partial charge >= 0.3 is 5.97 Å². The number of nitrogens with zero attached hydrogens (tertiary/aromatic N) is 1. The molecule has 0 radical (unpaired) electrons. The van der Waals surface area contributed by atoms with Gasteiger partial charge in [-0.3, -0.25) is 10.1 Å². The first-order valence-electron chi connectivity index (χ1n) is 4.59. The van der Waals surface area contributed by atoms with Crippen molar-refractivity contribution in [3.05, 3.63) is 38.4 Å². The Bertz CT molecular complexity index is 445. The van der Waals surface area contributed by atoms with Crippen molar-refractivity contribution in [2.45, 2.75) is 13.8 Å². The molecule has 0 aromatic heterocycles. The van der Waals surface area contributed by atoms with Crippen molar-refractivity contribution in [2.24, 2.45) is 0 Å². The summed E-state index contributed by atoms with van der Waals surface area (Å²) in [5.74, 6) is -0.645. The molecule has 1 rings (SSSR count). The average Bonchev–Trinajstić information content (AvgIpc) is 2.17. The molecule has 0 aliphatic heterocycles. The molecule has 0 aliphatic rings. The zero-order valence-corrected chi connectivity index (χ0v) is 9.58. The summed E-state index contributed by atoms with van der Waals surface area (Å²) in [7, 11) is 0. The highest BCUT2D eigenvalue weighted by molar-refractivity contribution is 6.35. The van der Waals surface area contributed by atoms with Gasteiger partial charge in [-0.2, -0.15) is 0 Å². The maximum absolute atomic E-state index is 11.5. The van der Waals surface area contributed by atoms with Crippen molar-refractivity contribution in [1.82, 2.24) is 0 Å². The Balaban J connectivity index is 3.31. The van der Waals surface area contributed by atoms with Gasteiger partial charge in [-0.15, -0.1) is 0 Å². The van der Waals surface area contributed by atoms with Crippen molar-refractivity contribution in [3.63, 3.8) is 0 Å². The lowest BCUT2D eigenvalue weighted by Crippen LogP contribution is -2.08. The van der Waals surface area contributed by atoms with E-state index in [9.17, 15) is 14.9 Å². The summed E-state index contributed by atoms with van der Waals surface area (Å²) in [5, 5.41) is 10.5. The number of carbonyl (C=O) groups excluding carboxylic acids is 1. The molecule has 0 unspecified atom stereocenters. The number of hydrogen-bond donors (Lipinski definition) is 0. The summed E-state index contributed by atoms with van der Waals surface area (Å²) >= 11 is 5.80. The molecule has 0 fully saturated rings. The lowest BCUT2D eigenvalue weighted by Gasteiger charge is -2.07. The monoisotopic (exact) mass is 243 g/mol. The van der Waals surface area contributed by atoms with Gasteiger partial charge in [-0.1, -0.05) is 17.7 Å². The van der Waals surface area contributed by atoms with Crippen LogP contribution < -0.4 is 0 Å². The van der Waals surface area contributed by atoms with Crippen LogP contribution in [0.3, 0.4) is 0 Å². The van der Waals surface area contributed by atoms with Crippen LogP contribution in [0.25, 0.3) is 0 Å². The Kier molecular flexibility index (Phi) is 3.84. The number of rotatable bonds is 3. The summed E-state index contributed by atoms with van der Waals surface area (Å²) in [5.41, 5.74) is 0.307. The minimum Gasteiger partial charge on any atom is -0.462 e. The number of ether oxygens (including phenoxy) is 1. The number of esters is 1. The highest BCUT2D eigenvalue weighted by Gasteiger charge is 2.23. The molecule has 0 N–H and O–H groups in total.